The van der Waals surface area contributed by atoms with Gasteiger partial charge >= 0.3 is 5.97 Å². The van der Waals surface area contributed by atoms with Crippen LogP contribution in [0.3, 0.4) is 0 Å². The van der Waals surface area contributed by atoms with E-state index >= 15 is 0 Å². The van der Waals surface area contributed by atoms with Crippen LogP contribution < -0.4 is 10.6 Å². The van der Waals surface area contributed by atoms with E-state index < -0.39 is 23.6 Å². The Morgan fingerprint density at radius 3 is 2.65 bits per heavy atom. The summed E-state index contributed by atoms with van der Waals surface area (Å²) in [6, 6.07) is 2.83. The lowest BCUT2D eigenvalue weighted by Crippen LogP contribution is -2.45. The van der Waals surface area contributed by atoms with Crippen molar-refractivity contribution in [2.75, 3.05) is 6.61 Å². The van der Waals surface area contributed by atoms with Gasteiger partial charge in [0.2, 0.25) is 0 Å². The van der Waals surface area contributed by atoms with E-state index in [1.165, 1.54) is 6.07 Å². The van der Waals surface area contributed by atoms with Crippen LogP contribution in [0.5, 0.6) is 0 Å². The van der Waals surface area contributed by atoms with Crippen molar-refractivity contribution in [3.8, 4) is 0 Å². The first-order chi connectivity index (χ1) is 11.0. The molecule has 2 rings (SSSR count). The van der Waals surface area contributed by atoms with E-state index in [9.17, 15) is 13.6 Å². The molecule has 1 heterocycles. The summed E-state index contributed by atoms with van der Waals surface area (Å²) in [7, 11) is 0. The van der Waals surface area contributed by atoms with Gasteiger partial charge in [-0.25, -0.2) is 13.6 Å². The molecule has 1 atom stereocenters. The van der Waals surface area contributed by atoms with Gasteiger partial charge in [-0.3, -0.25) is 0 Å². The summed E-state index contributed by atoms with van der Waals surface area (Å²) in [6.45, 7) is 3.89. The standard InChI is InChI=1S/C16H18F2N2O2S/c1-3-5-12-13(15(21)22-4-2)14(20-16(23)19-12)9-6-7-10(17)11(18)8-9/h6-8,14H,3-5H2,1-2H3,(H2,19,20,23)/t14-/m0/s1. The van der Waals surface area contributed by atoms with Crippen molar-refractivity contribution >= 4 is 23.3 Å². The van der Waals surface area contributed by atoms with Crippen LogP contribution in [0.1, 0.15) is 38.3 Å². The van der Waals surface area contributed by atoms with E-state index in [2.05, 4.69) is 10.6 Å². The first-order valence-electron chi connectivity index (χ1n) is 7.40. The van der Waals surface area contributed by atoms with Crippen molar-refractivity contribution in [3.63, 3.8) is 0 Å². The van der Waals surface area contributed by atoms with Crippen molar-refractivity contribution < 1.29 is 18.3 Å². The van der Waals surface area contributed by atoms with E-state index in [1.54, 1.807) is 6.92 Å². The molecule has 0 radical (unpaired) electrons. The number of carbonyl (C=O) groups excluding carboxylic acids is 1. The molecule has 23 heavy (non-hydrogen) atoms. The van der Waals surface area contributed by atoms with Crippen LogP contribution in [-0.4, -0.2) is 17.7 Å². The summed E-state index contributed by atoms with van der Waals surface area (Å²) in [5, 5.41) is 6.22. The van der Waals surface area contributed by atoms with E-state index in [1.807, 2.05) is 6.92 Å². The molecule has 0 unspecified atom stereocenters. The predicted octanol–water partition coefficient (Wildman–Crippen LogP) is 3.10. The molecule has 0 aromatic heterocycles. The number of ether oxygens (including phenoxy) is 1. The molecule has 0 aliphatic carbocycles. The van der Waals surface area contributed by atoms with Crippen LogP contribution in [0.2, 0.25) is 0 Å². The Labute approximate surface area is 138 Å². The molecule has 0 spiro atoms. The Morgan fingerprint density at radius 1 is 1.30 bits per heavy atom. The van der Waals surface area contributed by atoms with Crippen molar-refractivity contribution in [2.45, 2.75) is 32.7 Å². The van der Waals surface area contributed by atoms with Gasteiger partial charge in [0.05, 0.1) is 18.2 Å². The summed E-state index contributed by atoms with van der Waals surface area (Å²) in [5.41, 5.74) is 1.39. The molecule has 7 heteroatoms. The van der Waals surface area contributed by atoms with Gasteiger partial charge in [0.15, 0.2) is 16.7 Å². The minimum absolute atomic E-state index is 0.219. The molecule has 1 aliphatic heterocycles. The number of rotatable bonds is 5. The largest absolute Gasteiger partial charge is 0.463 e. The number of hydrogen-bond acceptors (Lipinski definition) is 3. The van der Waals surface area contributed by atoms with E-state index in [0.717, 1.165) is 18.6 Å². The molecule has 2 N–H and O–H groups in total. The van der Waals surface area contributed by atoms with E-state index in [0.29, 0.717) is 28.4 Å². The molecule has 0 saturated carbocycles. The minimum atomic E-state index is -0.978. The fourth-order valence-corrected chi connectivity index (χ4v) is 2.70. The third-order valence-corrected chi connectivity index (χ3v) is 3.65. The quantitative estimate of drug-likeness (QED) is 0.637. The molecule has 0 amide bonds. The number of hydrogen-bond donors (Lipinski definition) is 2. The fraction of sp³-hybridized carbons (Fsp3) is 0.375. The second-order valence-corrected chi connectivity index (χ2v) is 5.48. The Morgan fingerprint density at radius 2 is 2.04 bits per heavy atom. The molecule has 0 saturated heterocycles. The predicted molar refractivity (Wildman–Crippen MR) is 86.5 cm³/mol. The highest BCUT2D eigenvalue weighted by atomic mass is 32.1. The van der Waals surface area contributed by atoms with Crippen LogP contribution >= 0.6 is 12.2 Å². The van der Waals surface area contributed by atoms with Crippen LogP contribution in [0.25, 0.3) is 0 Å². The van der Waals surface area contributed by atoms with Crippen molar-refractivity contribution in [3.05, 3.63) is 46.7 Å². The van der Waals surface area contributed by atoms with Gasteiger partial charge in [-0.15, -0.1) is 0 Å². The van der Waals surface area contributed by atoms with Gasteiger partial charge in [-0.2, -0.15) is 0 Å². The number of thiocarbonyl (C=S) groups is 1. The van der Waals surface area contributed by atoms with Crippen molar-refractivity contribution in [1.82, 2.24) is 10.6 Å². The molecule has 1 aromatic rings. The summed E-state index contributed by atoms with van der Waals surface area (Å²) in [4.78, 5) is 12.4. The Balaban J connectivity index is 2.51. The average molecular weight is 340 g/mol. The average Bonchev–Trinajstić information content (AvgIpc) is 2.50. The first-order valence-corrected chi connectivity index (χ1v) is 7.81. The third kappa shape index (κ3) is 3.85. The molecule has 1 aliphatic rings. The van der Waals surface area contributed by atoms with Gasteiger partial charge in [0.1, 0.15) is 0 Å². The maximum atomic E-state index is 13.6. The Bertz CT molecular complexity index is 661. The van der Waals surface area contributed by atoms with Crippen LogP contribution in [0.15, 0.2) is 29.5 Å². The molecule has 0 fully saturated rings. The van der Waals surface area contributed by atoms with Gasteiger partial charge in [-0.1, -0.05) is 19.4 Å². The summed E-state index contributed by atoms with van der Waals surface area (Å²) in [5.74, 6) is -2.43. The minimum Gasteiger partial charge on any atom is -0.463 e. The van der Waals surface area contributed by atoms with E-state index in [4.69, 9.17) is 17.0 Å². The lowest BCUT2D eigenvalue weighted by atomic mass is 9.94. The SMILES string of the molecule is CCCC1=C(C(=O)OCC)[C@H](c2ccc(F)c(F)c2)NC(=S)N1. The molecule has 0 bridgehead atoms. The number of benzene rings is 1. The number of nitrogens with one attached hydrogen (secondary N) is 2. The van der Waals surface area contributed by atoms with Crippen LogP contribution in [0, 0.1) is 11.6 Å². The van der Waals surface area contributed by atoms with Gasteiger partial charge in [0.25, 0.3) is 0 Å². The van der Waals surface area contributed by atoms with Crippen molar-refractivity contribution in [1.29, 1.82) is 0 Å². The lowest BCUT2D eigenvalue weighted by Gasteiger charge is -2.31. The molecule has 124 valence electrons. The topological polar surface area (TPSA) is 50.4 Å². The summed E-state index contributed by atoms with van der Waals surface area (Å²) < 4.78 is 31.9. The summed E-state index contributed by atoms with van der Waals surface area (Å²) >= 11 is 5.16. The number of esters is 1. The van der Waals surface area contributed by atoms with Gasteiger partial charge in [0, 0.05) is 5.70 Å². The molecular formula is C16H18F2N2O2S. The van der Waals surface area contributed by atoms with Crippen LogP contribution in [-0.2, 0) is 9.53 Å². The Hall–Kier alpha value is -2.02. The van der Waals surface area contributed by atoms with Crippen molar-refractivity contribution in [2.24, 2.45) is 0 Å². The highest BCUT2D eigenvalue weighted by Crippen LogP contribution is 2.30. The highest BCUT2D eigenvalue weighted by Gasteiger charge is 2.32. The van der Waals surface area contributed by atoms with Gasteiger partial charge < -0.3 is 15.4 Å². The lowest BCUT2D eigenvalue weighted by molar-refractivity contribution is -0.139. The number of allylic oxidation sites excluding steroid dienone is 1. The second-order valence-electron chi connectivity index (χ2n) is 5.07. The maximum absolute atomic E-state index is 13.6. The van der Waals surface area contributed by atoms with E-state index in [-0.39, 0.29) is 6.61 Å². The fourth-order valence-electron chi connectivity index (χ4n) is 2.46. The first kappa shape index (κ1) is 17.3. The highest BCUT2D eigenvalue weighted by molar-refractivity contribution is 7.80. The number of carbonyl (C=O) groups is 1. The third-order valence-electron chi connectivity index (χ3n) is 3.43. The molecule has 4 nitrogen and oxygen atoms in total. The second kappa shape index (κ2) is 7.50. The number of halogens is 2. The zero-order chi connectivity index (χ0) is 17.0. The zero-order valence-corrected chi connectivity index (χ0v) is 13.7. The maximum Gasteiger partial charge on any atom is 0.338 e. The molecular weight excluding hydrogens is 322 g/mol. The smallest absolute Gasteiger partial charge is 0.338 e. The summed E-state index contributed by atoms with van der Waals surface area (Å²) in [6.07, 6.45) is 1.38. The monoisotopic (exact) mass is 340 g/mol. The van der Waals surface area contributed by atoms with Gasteiger partial charge in [-0.05, 0) is 43.3 Å². The Kier molecular flexibility index (Phi) is 5.65. The normalized spacial score (nSPS) is 17.6. The van der Waals surface area contributed by atoms with Crippen LogP contribution in [0.4, 0.5) is 8.78 Å². The molecule has 1 aromatic carbocycles. The zero-order valence-electron chi connectivity index (χ0n) is 12.9.